The van der Waals surface area contributed by atoms with Gasteiger partial charge in [-0.15, -0.1) is 0 Å². The molecule has 316 valence electrons. The highest BCUT2D eigenvalue weighted by Crippen LogP contribution is 2.57. The number of fused-ring (bicyclic) bond motifs is 6. The van der Waals surface area contributed by atoms with Crippen molar-refractivity contribution in [3.05, 3.63) is 174 Å². The zero-order valence-corrected chi connectivity index (χ0v) is 39.0. The first-order valence-electron chi connectivity index (χ1n) is 21.8. The van der Waals surface area contributed by atoms with Crippen LogP contribution in [-0.4, -0.2) is 68.1 Å². The van der Waals surface area contributed by atoms with Crippen LogP contribution in [-0.2, 0) is 19.6 Å². The van der Waals surface area contributed by atoms with Crippen LogP contribution in [0.1, 0.15) is 67.6 Å². The molecule has 0 bridgehead atoms. The summed E-state index contributed by atoms with van der Waals surface area (Å²) in [6.07, 6.45) is 3.45. The van der Waals surface area contributed by atoms with E-state index in [0.717, 1.165) is 79.6 Å². The standard InChI is InChI=1S/C52H53BN2O5P.HI/c1-50(2)51(3,4)60-53(59-50)38-26-28-45-47(36-38)57-48-37-39(27-29-46(48)52(45)44-25-15-14-24-43(44)49(56)58-52)55-33-31-54(32-34-55)30-16-17-35-61(40-18-8-5-9-19-40,41-20-10-6-11-21-41)42-22-12-7-13-23-42;/h5-15,18-29,36-37H,16-17,30-35H2,1-4H3;1H/q+1;/p-1. The fourth-order valence-electron chi connectivity index (χ4n) is 9.80. The maximum Gasteiger partial charge on any atom is 0.494 e. The van der Waals surface area contributed by atoms with E-state index in [4.69, 9.17) is 18.8 Å². The first-order valence-corrected chi connectivity index (χ1v) is 23.7. The second kappa shape index (κ2) is 16.9. The molecule has 0 aliphatic carbocycles. The summed E-state index contributed by atoms with van der Waals surface area (Å²) in [5.74, 6) is 0.979. The summed E-state index contributed by atoms with van der Waals surface area (Å²) in [7, 11) is -2.39. The molecule has 7 nitrogen and oxygen atoms in total. The van der Waals surface area contributed by atoms with Crippen molar-refractivity contribution in [2.75, 3.05) is 43.8 Å². The Labute approximate surface area is 384 Å². The monoisotopic (exact) mass is 954 g/mol. The average Bonchev–Trinajstić information content (AvgIpc) is 3.71. The molecule has 10 rings (SSSR count). The molecule has 6 aromatic carbocycles. The van der Waals surface area contributed by atoms with Crippen molar-refractivity contribution in [1.82, 2.24) is 4.90 Å². The smallest absolute Gasteiger partial charge is 0.494 e. The van der Waals surface area contributed by atoms with Gasteiger partial charge in [-0.05, 0) is 113 Å². The summed E-state index contributed by atoms with van der Waals surface area (Å²) >= 11 is 0. The largest absolute Gasteiger partial charge is 1.00 e. The Hall–Kier alpha value is -4.51. The molecule has 6 aromatic rings. The van der Waals surface area contributed by atoms with Crippen molar-refractivity contribution >= 4 is 47.4 Å². The fraction of sp³-hybridized carbons (Fsp3) is 0.288. The Morgan fingerprint density at radius 3 is 1.73 bits per heavy atom. The molecule has 0 N–H and O–H groups in total. The number of piperazine rings is 1. The van der Waals surface area contributed by atoms with E-state index in [-0.39, 0.29) is 29.9 Å². The minimum atomic E-state index is -1.83. The first kappa shape index (κ1) is 42.8. The van der Waals surface area contributed by atoms with Crippen molar-refractivity contribution in [2.24, 2.45) is 0 Å². The number of halogens is 1. The summed E-state index contributed by atoms with van der Waals surface area (Å²) in [5, 5.41) is 4.35. The van der Waals surface area contributed by atoms with Crippen molar-refractivity contribution in [3.63, 3.8) is 0 Å². The molecule has 2 fully saturated rings. The molecule has 1 spiro atoms. The lowest BCUT2D eigenvalue weighted by Crippen LogP contribution is -3.00. The number of carbonyl (C=O) groups is 1. The third-order valence-electron chi connectivity index (χ3n) is 13.8. The second-order valence-corrected chi connectivity index (χ2v) is 21.4. The van der Waals surface area contributed by atoms with Crippen LogP contribution in [0.15, 0.2) is 152 Å². The van der Waals surface area contributed by atoms with Gasteiger partial charge in [0.15, 0.2) is 5.60 Å². The summed E-state index contributed by atoms with van der Waals surface area (Å²) in [5.41, 5.74) is 2.86. The number of unbranched alkanes of at least 4 members (excludes halogenated alkanes) is 1. The predicted molar refractivity (Wildman–Crippen MR) is 248 cm³/mol. The van der Waals surface area contributed by atoms with Crippen molar-refractivity contribution in [1.29, 1.82) is 0 Å². The van der Waals surface area contributed by atoms with Crippen LogP contribution in [0.4, 0.5) is 5.69 Å². The van der Waals surface area contributed by atoms with Crippen LogP contribution in [0, 0.1) is 0 Å². The van der Waals surface area contributed by atoms with Gasteiger partial charge in [-0.1, -0.05) is 84.9 Å². The maximum atomic E-state index is 13.5. The van der Waals surface area contributed by atoms with E-state index < -0.39 is 31.2 Å². The summed E-state index contributed by atoms with van der Waals surface area (Å²) in [4.78, 5) is 18.6. The SMILES string of the molecule is CC1(C)OB(c2ccc3c(c2)Oc2cc(N4CCN(CCCC[P+](c5ccccc5)(c5ccccc5)c5ccccc5)CC4)ccc2C32OC(=O)c3ccccc32)OC1(C)C.[I-]. The van der Waals surface area contributed by atoms with Gasteiger partial charge in [-0.2, -0.15) is 0 Å². The second-order valence-electron chi connectivity index (χ2n) is 17.8. The van der Waals surface area contributed by atoms with Crippen LogP contribution in [0.3, 0.4) is 0 Å². The van der Waals surface area contributed by atoms with E-state index in [1.54, 1.807) is 0 Å². The summed E-state index contributed by atoms with van der Waals surface area (Å²) < 4.78 is 26.2. The Morgan fingerprint density at radius 2 is 1.13 bits per heavy atom. The highest BCUT2D eigenvalue weighted by Gasteiger charge is 2.55. The molecular weight excluding hydrogens is 901 g/mol. The van der Waals surface area contributed by atoms with Crippen LogP contribution in [0.25, 0.3) is 0 Å². The Balaban J connectivity index is 0.00000490. The van der Waals surface area contributed by atoms with Gasteiger partial charge in [0.25, 0.3) is 0 Å². The van der Waals surface area contributed by atoms with E-state index in [2.05, 4.69) is 147 Å². The molecule has 0 amide bonds. The van der Waals surface area contributed by atoms with Gasteiger partial charge >= 0.3 is 13.1 Å². The summed E-state index contributed by atoms with van der Waals surface area (Å²) in [6.45, 7) is 13.1. The van der Waals surface area contributed by atoms with Crippen LogP contribution < -0.4 is 55.0 Å². The highest BCUT2D eigenvalue weighted by molar-refractivity contribution is 7.95. The molecule has 62 heavy (non-hydrogen) atoms. The van der Waals surface area contributed by atoms with Gasteiger partial charge in [-0.3, -0.25) is 4.90 Å². The van der Waals surface area contributed by atoms with E-state index in [1.165, 1.54) is 15.9 Å². The molecule has 2 saturated heterocycles. The third-order valence-corrected chi connectivity index (χ3v) is 18.3. The number of benzene rings is 6. The third kappa shape index (κ3) is 7.28. The molecule has 0 radical (unpaired) electrons. The van der Waals surface area contributed by atoms with Crippen molar-refractivity contribution in [3.8, 4) is 11.5 Å². The number of carbonyl (C=O) groups excluding carboxylic acids is 1. The van der Waals surface area contributed by atoms with Gasteiger partial charge in [0, 0.05) is 54.6 Å². The Morgan fingerprint density at radius 1 is 0.597 bits per heavy atom. The topological polar surface area (TPSA) is 60.5 Å². The van der Waals surface area contributed by atoms with Gasteiger partial charge < -0.3 is 47.7 Å². The van der Waals surface area contributed by atoms with E-state index in [1.807, 2.05) is 42.5 Å². The van der Waals surface area contributed by atoms with Crippen LogP contribution >= 0.6 is 7.26 Å². The zero-order chi connectivity index (χ0) is 41.8. The van der Waals surface area contributed by atoms with E-state index >= 15 is 0 Å². The lowest BCUT2D eigenvalue weighted by atomic mass is 9.74. The summed E-state index contributed by atoms with van der Waals surface area (Å²) in [6, 6.07) is 53.7. The fourth-order valence-corrected chi connectivity index (χ4v) is 14.2. The Bertz CT molecular complexity index is 2460. The van der Waals surface area contributed by atoms with Gasteiger partial charge in [0.1, 0.15) is 34.7 Å². The quantitative estimate of drug-likeness (QED) is 0.0596. The average molecular weight is 955 g/mol. The lowest BCUT2D eigenvalue weighted by Gasteiger charge is -2.39. The minimum Gasteiger partial charge on any atom is -1.00 e. The first-order chi connectivity index (χ1) is 29.6. The van der Waals surface area contributed by atoms with E-state index in [0.29, 0.717) is 17.1 Å². The number of nitrogens with zero attached hydrogens (tertiary/aromatic N) is 2. The van der Waals surface area contributed by atoms with E-state index in [9.17, 15) is 4.79 Å². The van der Waals surface area contributed by atoms with Gasteiger partial charge in [0.2, 0.25) is 0 Å². The molecule has 0 saturated carbocycles. The lowest BCUT2D eigenvalue weighted by molar-refractivity contribution is -0.0000582. The zero-order valence-electron chi connectivity index (χ0n) is 35.9. The molecule has 1 unspecified atom stereocenters. The predicted octanol–water partition coefficient (Wildman–Crippen LogP) is 5.45. The van der Waals surface area contributed by atoms with Crippen LogP contribution in [0.2, 0.25) is 0 Å². The molecule has 0 aromatic heterocycles. The van der Waals surface area contributed by atoms with Gasteiger partial charge in [-0.25, -0.2) is 4.79 Å². The number of ether oxygens (including phenoxy) is 2. The van der Waals surface area contributed by atoms with Crippen molar-refractivity contribution in [2.45, 2.75) is 57.3 Å². The minimum absolute atomic E-state index is 0. The maximum absolute atomic E-state index is 13.5. The molecule has 1 atom stereocenters. The number of hydrogen-bond donors (Lipinski definition) is 0. The van der Waals surface area contributed by atoms with Crippen molar-refractivity contribution < 1.29 is 47.6 Å². The number of anilines is 1. The van der Waals surface area contributed by atoms with Crippen LogP contribution in [0.5, 0.6) is 11.5 Å². The Kier molecular flexibility index (Phi) is 11.7. The normalized spacial score (nSPS) is 19.8. The molecule has 4 heterocycles. The number of hydrogen-bond acceptors (Lipinski definition) is 7. The molecule has 10 heteroatoms. The highest BCUT2D eigenvalue weighted by atomic mass is 127. The molecule has 4 aliphatic rings. The molecule has 4 aliphatic heterocycles. The van der Waals surface area contributed by atoms with Gasteiger partial charge in [0.05, 0.1) is 22.9 Å². The number of esters is 1. The number of rotatable bonds is 10. The molecular formula is C52H53BIN2O5P.